The third-order valence-corrected chi connectivity index (χ3v) is 7.94. The summed E-state index contributed by atoms with van der Waals surface area (Å²) in [5.74, 6) is -2.61. The zero-order valence-corrected chi connectivity index (χ0v) is 24.1. The van der Waals surface area contributed by atoms with Crippen molar-refractivity contribution in [2.45, 2.75) is 53.2 Å². The molecule has 1 unspecified atom stereocenters. The summed E-state index contributed by atoms with van der Waals surface area (Å²) in [4.78, 5) is 58.9. The van der Waals surface area contributed by atoms with Gasteiger partial charge < -0.3 is 19.5 Å². The predicted octanol–water partition coefficient (Wildman–Crippen LogP) is 4.52. The molecule has 0 spiro atoms. The van der Waals surface area contributed by atoms with E-state index in [1.165, 1.54) is 14.0 Å². The van der Waals surface area contributed by atoms with E-state index in [2.05, 4.69) is 17.1 Å². The van der Waals surface area contributed by atoms with Gasteiger partial charge in [-0.05, 0) is 45.4 Å². The van der Waals surface area contributed by atoms with Crippen LogP contribution < -0.4 is 5.32 Å². The SMILES string of the molecule is CCCN1CCc2nc3ccccc3c(C(=O)OC(C)C(=O)Nc3sc(C(=O)OCC)c(C)c3C(=O)OC)c2C1. The fourth-order valence-electron chi connectivity index (χ4n) is 4.81. The van der Waals surface area contributed by atoms with Crippen LogP contribution in [0.5, 0.6) is 0 Å². The summed E-state index contributed by atoms with van der Waals surface area (Å²) in [7, 11) is 1.21. The maximum absolute atomic E-state index is 13.6. The minimum atomic E-state index is -1.20. The molecular weight excluding hydrogens is 534 g/mol. The van der Waals surface area contributed by atoms with Crippen LogP contribution in [0, 0.1) is 6.92 Å². The molecule has 1 atom stereocenters. The van der Waals surface area contributed by atoms with Crippen LogP contribution in [0.4, 0.5) is 5.00 Å². The molecular formula is C29H33N3O7S. The molecule has 0 saturated carbocycles. The molecule has 1 aliphatic heterocycles. The minimum absolute atomic E-state index is 0.0487. The number of esters is 3. The van der Waals surface area contributed by atoms with Crippen LogP contribution in [-0.2, 0) is 32.0 Å². The van der Waals surface area contributed by atoms with E-state index >= 15 is 0 Å². The Kier molecular flexibility index (Phi) is 9.16. The van der Waals surface area contributed by atoms with Crippen LogP contribution in [0.15, 0.2) is 24.3 Å². The quantitative estimate of drug-likeness (QED) is 0.294. The number of amides is 1. The number of thiophene rings is 1. The highest BCUT2D eigenvalue weighted by atomic mass is 32.1. The second kappa shape index (κ2) is 12.6. The monoisotopic (exact) mass is 567 g/mol. The molecule has 11 heteroatoms. The fraction of sp³-hybridized carbons (Fsp3) is 0.414. The number of aromatic nitrogens is 1. The Balaban J connectivity index is 1.61. The average molecular weight is 568 g/mol. The van der Waals surface area contributed by atoms with E-state index in [0.717, 1.165) is 42.1 Å². The maximum Gasteiger partial charge on any atom is 0.348 e. The summed E-state index contributed by atoms with van der Waals surface area (Å²) < 4.78 is 15.6. The van der Waals surface area contributed by atoms with Gasteiger partial charge in [-0.2, -0.15) is 0 Å². The molecule has 3 aromatic rings. The van der Waals surface area contributed by atoms with Crippen molar-refractivity contribution in [3.63, 3.8) is 0 Å². The molecule has 3 heterocycles. The van der Waals surface area contributed by atoms with E-state index in [1.54, 1.807) is 13.8 Å². The van der Waals surface area contributed by atoms with E-state index in [-0.39, 0.29) is 22.0 Å². The Morgan fingerprint density at radius 3 is 2.55 bits per heavy atom. The smallest absolute Gasteiger partial charge is 0.348 e. The van der Waals surface area contributed by atoms with Gasteiger partial charge >= 0.3 is 17.9 Å². The van der Waals surface area contributed by atoms with Crippen molar-refractivity contribution in [2.75, 3.05) is 32.1 Å². The Labute approximate surface area is 236 Å². The van der Waals surface area contributed by atoms with Gasteiger partial charge in [0, 0.05) is 36.2 Å². The minimum Gasteiger partial charge on any atom is -0.465 e. The molecule has 0 fully saturated rings. The number of pyridine rings is 1. The van der Waals surface area contributed by atoms with Crippen LogP contribution >= 0.6 is 11.3 Å². The van der Waals surface area contributed by atoms with Crippen molar-refractivity contribution in [2.24, 2.45) is 0 Å². The molecule has 1 N–H and O–H groups in total. The molecule has 4 rings (SSSR count). The number of benzene rings is 1. The first kappa shape index (κ1) is 29.2. The van der Waals surface area contributed by atoms with Crippen molar-refractivity contribution >= 4 is 51.1 Å². The van der Waals surface area contributed by atoms with Gasteiger partial charge in [-0.3, -0.25) is 14.7 Å². The third-order valence-electron chi connectivity index (χ3n) is 6.76. The summed E-state index contributed by atoms with van der Waals surface area (Å²) in [6, 6.07) is 7.39. The molecule has 0 saturated heterocycles. The Bertz CT molecular complexity index is 1470. The van der Waals surface area contributed by atoms with Gasteiger partial charge in [-0.1, -0.05) is 25.1 Å². The average Bonchev–Trinajstić information content (AvgIpc) is 3.26. The van der Waals surface area contributed by atoms with Gasteiger partial charge in [0.05, 0.1) is 30.4 Å². The molecule has 10 nitrogen and oxygen atoms in total. The number of nitrogens with zero attached hydrogens (tertiary/aromatic N) is 2. The number of methoxy groups -OCH3 is 1. The lowest BCUT2D eigenvalue weighted by Gasteiger charge is -2.29. The lowest BCUT2D eigenvalue weighted by atomic mass is 9.95. The zero-order valence-electron chi connectivity index (χ0n) is 23.3. The first-order valence-electron chi connectivity index (χ1n) is 13.2. The van der Waals surface area contributed by atoms with Gasteiger partial charge in [0.25, 0.3) is 5.91 Å². The van der Waals surface area contributed by atoms with Crippen molar-refractivity contribution in [3.8, 4) is 0 Å². The number of hydrogen-bond donors (Lipinski definition) is 1. The topological polar surface area (TPSA) is 124 Å². The van der Waals surface area contributed by atoms with Gasteiger partial charge in [0.1, 0.15) is 9.88 Å². The molecule has 212 valence electrons. The molecule has 2 aromatic heterocycles. The first-order chi connectivity index (χ1) is 19.2. The van der Waals surface area contributed by atoms with Crippen molar-refractivity contribution in [3.05, 3.63) is 57.1 Å². The number of rotatable bonds is 9. The summed E-state index contributed by atoms with van der Waals surface area (Å²) in [5, 5.41) is 3.42. The molecule has 0 radical (unpaired) electrons. The number of carbonyl (C=O) groups excluding carboxylic acids is 4. The van der Waals surface area contributed by atoms with Crippen LogP contribution in [0.1, 0.15) is 74.4 Å². The highest BCUT2D eigenvalue weighted by Crippen LogP contribution is 2.35. The number of para-hydroxylation sites is 1. The van der Waals surface area contributed by atoms with E-state index < -0.39 is 29.9 Å². The van der Waals surface area contributed by atoms with Gasteiger partial charge in [-0.15, -0.1) is 11.3 Å². The molecule has 0 aliphatic carbocycles. The number of hydrogen-bond acceptors (Lipinski definition) is 10. The van der Waals surface area contributed by atoms with Crippen molar-refractivity contribution in [1.82, 2.24) is 9.88 Å². The van der Waals surface area contributed by atoms with Gasteiger partial charge in [0.15, 0.2) is 6.10 Å². The summed E-state index contributed by atoms with van der Waals surface area (Å²) >= 11 is 0.903. The van der Waals surface area contributed by atoms with Crippen LogP contribution in [-0.4, -0.2) is 66.6 Å². The van der Waals surface area contributed by atoms with Crippen LogP contribution in [0.3, 0.4) is 0 Å². The number of carbonyl (C=O) groups is 4. The van der Waals surface area contributed by atoms with Crippen molar-refractivity contribution < 1.29 is 33.4 Å². The maximum atomic E-state index is 13.6. The predicted molar refractivity (Wildman–Crippen MR) is 151 cm³/mol. The number of anilines is 1. The van der Waals surface area contributed by atoms with Gasteiger partial charge in [0.2, 0.25) is 0 Å². The Morgan fingerprint density at radius 1 is 1.10 bits per heavy atom. The highest BCUT2D eigenvalue weighted by Gasteiger charge is 2.31. The molecule has 1 aromatic carbocycles. The largest absolute Gasteiger partial charge is 0.465 e. The first-order valence-corrected chi connectivity index (χ1v) is 14.0. The number of ether oxygens (including phenoxy) is 3. The lowest BCUT2D eigenvalue weighted by Crippen LogP contribution is -2.34. The normalized spacial score (nSPS) is 13.8. The fourth-order valence-corrected chi connectivity index (χ4v) is 5.91. The van der Waals surface area contributed by atoms with Crippen molar-refractivity contribution in [1.29, 1.82) is 0 Å². The number of fused-ring (bicyclic) bond motifs is 2. The Morgan fingerprint density at radius 2 is 1.85 bits per heavy atom. The molecule has 0 bridgehead atoms. The Hall–Kier alpha value is -3.83. The van der Waals surface area contributed by atoms with Crippen LogP contribution in [0.2, 0.25) is 0 Å². The van der Waals surface area contributed by atoms with E-state index in [0.29, 0.717) is 35.0 Å². The second-order valence-corrected chi connectivity index (χ2v) is 10.5. The molecule has 1 amide bonds. The van der Waals surface area contributed by atoms with E-state index in [1.807, 2.05) is 24.3 Å². The zero-order chi connectivity index (χ0) is 29.0. The standard InChI is InChI=1S/C29H33N3O7S/c1-6-13-32-14-12-21-19(15-32)23(18-10-8-9-11-20(18)30-21)28(35)39-17(4)25(33)31-26-22(27(34)37-5)16(3)24(40-26)29(36)38-7-2/h8-11,17H,6-7,12-15H2,1-5H3,(H,31,33). The van der Waals surface area contributed by atoms with E-state index in [9.17, 15) is 19.2 Å². The lowest BCUT2D eigenvalue weighted by molar-refractivity contribution is -0.123. The highest BCUT2D eigenvalue weighted by molar-refractivity contribution is 7.18. The molecule has 1 aliphatic rings. The molecule has 40 heavy (non-hydrogen) atoms. The second-order valence-electron chi connectivity index (χ2n) is 9.46. The van der Waals surface area contributed by atoms with Gasteiger partial charge in [-0.25, -0.2) is 14.4 Å². The summed E-state index contributed by atoms with van der Waals surface area (Å²) in [6.45, 7) is 9.30. The summed E-state index contributed by atoms with van der Waals surface area (Å²) in [5.41, 5.74) is 3.16. The summed E-state index contributed by atoms with van der Waals surface area (Å²) in [6.07, 6.45) is 0.498. The third kappa shape index (κ3) is 5.85. The number of nitrogens with one attached hydrogen (secondary N) is 1. The van der Waals surface area contributed by atoms with Crippen LogP contribution in [0.25, 0.3) is 10.9 Å². The van der Waals surface area contributed by atoms with E-state index in [4.69, 9.17) is 19.2 Å².